The monoisotopic (exact) mass is 235 g/mol. The molecule has 0 fully saturated rings. The molecule has 1 aromatic carbocycles. The van der Waals surface area contributed by atoms with Crippen LogP contribution in [0.15, 0.2) is 18.2 Å². The largest absolute Gasteiger partial charge is 0.482 e. The van der Waals surface area contributed by atoms with Gasteiger partial charge in [0.25, 0.3) is 5.91 Å². The quantitative estimate of drug-likeness (QED) is 0.802. The number of likely N-dealkylation sites (N-methyl/N-ethyl adjacent to an activating group) is 1. The Morgan fingerprint density at radius 1 is 1.41 bits per heavy atom. The number of aliphatic hydroxyl groups excluding tert-OH is 1. The van der Waals surface area contributed by atoms with Crippen LogP contribution in [-0.2, 0) is 11.2 Å². The summed E-state index contributed by atoms with van der Waals surface area (Å²) in [5.41, 5.74) is 2.00. The first-order valence-electron chi connectivity index (χ1n) is 5.85. The zero-order chi connectivity index (χ0) is 12.3. The lowest BCUT2D eigenvalue weighted by atomic mass is 10.1. The van der Waals surface area contributed by atoms with Crippen LogP contribution in [0.1, 0.15) is 18.4 Å². The third kappa shape index (κ3) is 2.58. The molecular formula is C13H17NO3. The summed E-state index contributed by atoms with van der Waals surface area (Å²) >= 11 is 0. The van der Waals surface area contributed by atoms with Crippen molar-refractivity contribution in [2.24, 2.45) is 0 Å². The summed E-state index contributed by atoms with van der Waals surface area (Å²) < 4.78 is 5.36. The van der Waals surface area contributed by atoms with Crippen LogP contribution in [0.3, 0.4) is 0 Å². The Bertz CT molecular complexity index is 417. The fourth-order valence-electron chi connectivity index (χ4n) is 1.91. The zero-order valence-electron chi connectivity index (χ0n) is 9.98. The van der Waals surface area contributed by atoms with Gasteiger partial charge in [-0.25, -0.2) is 0 Å². The highest BCUT2D eigenvalue weighted by molar-refractivity contribution is 5.97. The van der Waals surface area contributed by atoms with Crippen LogP contribution in [-0.4, -0.2) is 31.3 Å². The fourth-order valence-corrected chi connectivity index (χ4v) is 1.91. The maximum atomic E-state index is 11.5. The van der Waals surface area contributed by atoms with Crippen LogP contribution < -0.4 is 9.64 Å². The second kappa shape index (κ2) is 5.19. The van der Waals surface area contributed by atoms with Crippen molar-refractivity contribution in [3.05, 3.63) is 23.8 Å². The van der Waals surface area contributed by atoms with Gasteiger partial charge in [0, 0.05) is 13.7 Å². The molecule has 17 heavy (non-hydrogen) atoms. The number of rotatable bonds is 4. The predicted molar refractivity (Wildman–Crippen MR) is 65.4 cm³/mol. The summed E-state index contributed by atoms with van der Waals surface area (Å²) in [6.07, 6.45) is 2.67. The standard InChI is InChI=1S/C13H17NO3/c1-14-11-8-10(4-2-3-7-15)5-6-12(11)17-9-13(14)16/h5-6,8,15H,2-4,7,9H2,1H3. The Morgan fingerprint density at radius 3 is 3.00 bits per heavy atom. The lowest BCUT2D eigenvalue weighted by Crippen LogP contribution is -2.35. The van der Waals surface area contributed by atoms with Crippen LogP contribution in [0.5, 0.6) is 5.75 Å². The predicted octanol–water partition coefficient (Wildman–Crippen LogP) is 1.36. The lowest BCUT2D eigenvalue weighted by molar-refractivity contribution is -0.120. The summed E-state index contributed by atoms with van der Waals surface area (Å²) in [4.78, 5) is 13.1. The van der Waals surface area contributed by atoms with E-state index in [1.807, 2.05) is 18.2 Å². The molecule has 2 rings (SSSR count). The molecule has 0 bridgehead atoms. The second-order valence-electron chi connectivity index (χ2n) is 4.22. The number of aryl methyl sites for hydroxylation is 1. The molecule has 0 aromatic heterocycles. The van der Waals surface area contributed by atoms with Crippen LogP contribution in [0.4, 0.5) is 5.69 Å². The molecule has 1 heterocycles. The Morgan fingerprint density at radius 2 is 2.24 bits per heavy atom. The number of nitrogens with zero attached hydrogens (tertiary/aromatic N) is 1. The maximum Gasteiger partial charge on any atom is 0.264 e. The molecule has 0 unspecified atom stereocenters. The van der Waals surface area contributed by atoms with Crippen molar-refractivity contribution in [1.82, 2.24) is 0 Å². The van der Waals surface area contributed by atoms with E-state index in [1.54, 1.807) is 11.9 Å². The van der Waals surface area contributed by atoms with E-state index >= 15 is 0 Å². The van der Waals surface area contributed by atoms with E-state index in [9.17, 15) is 4.79 Å². The molecular weight excluding hydrogens is 218 g/mol. The SMILES string of the molecule is CN1C(=O)COc2ccc(CCCCO)cc21. The summed E-state index contributed by atoms with van der Waals surface area (Å²) in [5.74, 6) is 0.739. The second-order valence-corrected chi connectivity index (χ2v) is 4.22. The van der Waals surface area contributed by atoms with Gasteiger partial charge >= 0.3 is 0 Å². The number of benzene rings is 1. The number of anilines is 1. The molecule has 1 aliphatic heterocycles. The van der Waals surface area contributed by atoms with E-state index in [4.69, 9.17) is 9.84 Å². The molecule has 0 atom stereocenters. The summed E-state index contributed by atoms with van der Waals surface area (Å²) in [5, 5.41) is 8.74. The zero-order valence-corrected chi connectivity index (χ0v) is 9.98. The molecule has 0 spiro atoms. The first-order valence-corrected chi connectivity index (χ1v) is 5.85. The van der Waals surface area contributed by atoms with Gasteiger partial charge in [0.2, 0.25) is 0 Å². The molecule has 0 saturated heterocycles. The Kier molecular flexibility index (Phi) is 3.64. The van der Waals surface area contributed by atoms with Gasteiger partial charge in [-0.15, -0.1) is 0 Å². The molecule has 0 radical (unpaired) electrons. The lowest BCUT2D eigenvalue weighted by Gasteiger charge is -2.26. The normalized spacial score (nSPS) is 14.5. The van der Waals surface area contributed by atoms with Crippen LogP contribution in [0, 0.1) is 0 Å². The minimum absolute atomic E-state index is 0.0231. The summed E-state index contributed by atoms with van der Waals surface area (Å²) in [6, 6.07) is 5.91. The van der Waals surface area contributed by atoms with Crippen molar-refractivity contribution in [2.45, 2.75) is 19.3 Å². The van der Waals surface area contributed by atoms with Gasteiger partial charge in [-0.2, -0.15) is 0 Å². The number of unbranched alkanes of at least 4 members (excludes halogenated alkanes) is 1. The van der Waals surface area contributed by atoms with E-state index in [0.29, 0.717) is 0 Å². The molecule has 4 nitrogen and oxygen atoms in total. The van der Waals surface area contributed by atoms with Gasteiger partial charge < -0.3 is 14.7 Å². The average molecular weight is 235 g/mol. The number of aliphatic hydroxyl groups is 1. The molecule has 1 aromatic rings. The Hall–Kier alpha value is -1.55. The highest BCUT2D eigenvalue weighted by Gasteiger charge is 2.21. The van der Waals surface area contributed by atoms with Gasteiger partial charge in [0.1, 0.15) is 5.75 Å². The molecule has 92 valence electrons. The average Bonchev–Trinajstić information content (AvgIpc) is 2.35. The van der Waals surface area contributed by atoms with E-state index in [1.165, 1.54) is 5.56 Å². The van der Waals surface area contributed by atoms with Crippen LogP contribution >= 0.6 is 0 Å². The van der Waals surface area contributed by atoms with Crippen LogP contribution in [0.2, 0.25) is 0 Å². The number of fused-ring (bicyclic) bond motifs is 1. The van der Waals surface area contributed by atoms with E-state index < -0.39 is 0 Å². The highest BCUT2D eigenvalue weighted by Crippen LogP contribution is 2.32. The number of carbonyl (C=O) groups excluding carboxylic acids is 1. The minimum Gasteiger partial charge on any atom is -0.482 e. The van der Waals surface area contributed by atoms with E-state index in [0.717, 1.165) is 30.7 Å². The molecule has 4 heteroatoms. The number of carbonyl (C=O) groups is 1. The first kappa shape index (κ1) is 11.9. The van der Waals surface area contributed by atoms with Crippen molar-refractivity contribution in [3.8, 4) is 5.75 Å². The maximum absolute atomic E-state index is 11.5. The van der Waals surface area contributed by atoms with Gasteiger partial charge in [-0.3, -0.25) is 4.79 Å². The molecule has 0 aliphatic carbocycles. The smallest absolute Gasteiger partial charge is 0.264 e. The van der Waals surface area contributed by atoms with Gasteiger partial charge in [-0.1, -0.05) is 6.07 Å². The highest BCUT2D eigenvalue weighted by atomic mass is 16.5. The third-order valence-corrected chi connectivity index (χ3v) is 2.98. The van der Waals surface area contributed by atoms with E-state index in [-0.39, 0.29) is 19.1 Å². The molecule has 0 saturated carbocycles. The number of hydrogen-bond acceptors (Lipinski definition) is 3. The van der Waals surface area contributed by atoms with Crippen LogP contribution in [0.25, 0.3) is 0 Å². The van der Waals surface area contributed by atoms with Crippen molar-refractivity contribution >= 4 is 11.6 Å². The number of ether oxygens (including phenoxy) is 1. The van der Waals surface area contributed by atoms with E-state index in [2.05, 4.69) is 0 Å². The fraction of sp³-hybridized carbons (Fsp3) is 0.462. The number of hydrogen-bond donors (Lipinski definition) is 1. The summed E-state index contributed by atoms with van der Waals surface area (Å²) in [6.45, 7) is 0.347. The van der Waals surface area contributed by atoms with Crippen molar-refractivity contribution in [2.75, 3.05) is 25.2 Å². The first-order chi connectivity index (χ1) is 8.22. The molecule has 1 aliphatic rings. The Balaban J connectivity index is 2.14. The number of amides is 1. The molecule has 1 N–H and O–H groups in total. The summed E-state index contributed by atoms with van der Waals surface area (Å²) in [7, 11) is 1.77. The Labute approximate surface area is 101 Å². The minimum atomic E-state index is -0.0231. The molecule has 1 amide bonds. The topological polar surface area (TPSA) is 49.8 Å². The van der Waals surface area contributed by atoms with Gasteiger partial charge in [0.05, 0.1) is 5.69 Å². The third-order valence-electron chi connectivity index (χ3n) is 2.98. The van der Waals surface area contributed by atoms with Crippen molar-refractivity contribution in [1.29, 1.82) is 0 Å². The van der Waals surface area contributed by atoms with Gasteiger partial charge in [0.15, 0.2) is 6.61 Å². The van der Waals surface area contributed by atoms with Gasteiger partial charge in [-0.05, 0) is 37.0 Å². The van der Waals surface area contributed by atoms with Crippen molar-refractivity contribution < 1.29 is 14.6 Å². The van der Waals surface area contributed by atoms with Crippen molar-refractivity contribution in [3.63, 3.8) is 0 Å².